The van der Waals surface area contributed by atoms with Crippen LogP contribution in [0.4, 0.5) is 0 Å². The van der Waals surface area contributed by atoms with Crippen LogP contribution in [0.15, 0.2) is 180 Å². The molecule has 9 rings (SSSR count). The SMILES string of the molecule is [2H]c1c([2H])c([2H])c2c(oc3c([2H])c(-c4nc(-c5ccc(-c6ccccc6)cc5)nc(-c5ccc(-c6ccccc6)cc5)n4)c([2H])c([2H])c32)c1-c1ccccc1. The molecule has 7 aromatic carbocycles. The fraction of sp³-hybridized carbons (Fsp3) is 0. The molecule has 0 spiro atoms. The van der Waals surface area contributed by atoms with Crippen LogP contribution in [-0.4, -0.2) is 15.0 Å². The van der Waals surface area contributed by atoms with E-state index in [4.69, 9.17) is 23.5 Å². The zero-order valence-corrected chi connectivity index (χ0v) is 26.0. The first-order chi connectivity index (χ1) is 26.8. The Balaban J connectivity index is 1.26. The van der Waals surface area contributed by atoms with E-state index in [1.54, 1.807) is 24.3 Å². The Morgan fingerprint density at radius 2 is 0.837 bits per heavy atom. The van der Waals surface area contributed by atoms with E-state index in [0.717, 1.165) is 22.3 Å². The lowest BCUT2D eigenvalue weighted by Crippen LogP contribution is -2.00. The summed E-state index contributed by atoms with van der Waals surface area (Å²) in [6, 6.07) is 42.9. The molecular formula is C45H29N3O. The van der Waals surface area contributed by atoms with Crippen LogP contribution in [0, 0.1) is 0 Å². The summed E-state index contributed by atoms with van der Waals surface area (Å²) in [7, 11) is 0. The van der Waals surface area contributed by atoms with Crippen molar-refractivity contribution >= 4 is 21.9 Å². The molecule has 0 radical (unpaired) electrons. The summed E-state index contributed by atoms with van der Waals surface area (Å²) >= 11 is 0. The van der Waals surface area contributed by atoms with E-state index >= 15 is 0 Å². The second-order valence-electron chi connectivity index (χ2n) is 11.6. The maximum Gasteiger partial charge on any atom is 0.164 e. The van der Waals surface area contributed by atoms with Crippen molar-refractivity contribution in [1.82, 2.24) is 15.0 Å². The van der Waals surface area contributed by atoms with Gasteiger partial charge in [-0.15, -0.1) is 0 Å². The van der Waals surface area contributed by atoms with Crippen molar-refractivity contribution in [2.45, 2.75) is 0 Å². The summed E-state index contributed by atoms with van der Waals surface area (Å²) < 4.78 is 60.5. The first-order valence-electron chi connectivity index (χ1n) is 18.9. The number of para-hydroxylation sites is 1. The Morgan fingerprint density at radius 1 is 0.388 bits per heavy atom. The van der Waals surface area contributed by atoms with Gasteiger partial charge >= 0.3 is 0 Å². The highest BCUT2D eigenvalue weighted by Crippen LogP contribution is 2.37. The number of fused-ring (bicyclic) bond motifs is 3. The van der Waals surface area contributed by atoms with Gasteiger partial charge in [0.2, 0.25) is 0 Å². The smallest absolute Gasteiger partial charge is 0.164 e. The van der Waals surface area contributed by atoms with Gasteiger partial charge in [-0.1, -0.05) is 164 Å². The molecule has 0 aliphatic heterocycles. The minimum Gasteiger partial charge on any atom is -0.455 e. The molecule has 0 fully saturated rings. The van der Waals surface area contributed by atoms with E-state index in [-0.39, 0.29) is 75.1 Å². The largest absolute Gasteiger partial charge is 0.455 e. The number of hydrogen-bond acceptors (Lipinski definition) is 4. The summed E-state index contributed by atoms with van der Waals surface area (Å²) in [6.45, 7) is 0. The Kier molecular flexibility index (Phi) is 5.67. The molecule has 0 N–H and O–H groups in total. The highest BCUT2D eigenvalue weighted by molar-refractivity contribution is 6.10. The van der Waals surface area contributed by atoms with Gasteiger partial charge in [-0.05, 0) is 39.9 Å². The number of nitrogens with zero attached hydrogens (tertiary/aromatic N) is 3. The first kappa shape index (κ1) is 22.8. The van der Waals surface area contributed by atoms with E-state index in [0.29, 0.717) is 28.3 Å². The lowest BCUT2D eigenvalue weighted by atomic mass is 10.0. The second kappa shape index (κ2) is 12.2. The standard InChI is InChI=1S/C45H29N3O/c1-4-11-30(12-5-1)32-19-23-35(24-20-32)43-46-44(36-25-21-33(22-26-36)31-13-6-2-7-14-31)48-45(47-43)37-27-28-39-40-18-10-17-38(34-15-8-3-9-16-34)42(40)49-41(39)29-37/h1-29H/i10D,17D,18D,27D,28D,29D. The van der Waals surface area contributed by atoms with Crippen molar-refractivity contribution in [3.05, 3.63) is 176 Å². The van der Waals surface area contributed by atoms with Crippen molar-refractivity contribution in [2.75, 3.05) is 0 Å². The third-order valence-electron chi connectivity index (χ3n) is 8.48. The summed E-state index contributed by atoms with van der Waals surface area (Å²) in [5, 5.41) is 0.175. The molecule has 230 valence electrons. The van der Waals surface area contributed by atoms with Crippen LogP contribution in [0.25, 0.3) is 89.5 Å². The van der Waals surface area contributed by atoms with Gasteiger partial charge in [0.05, 0.1) is 8.22 Å². The van der Waals surface area contributed by atoms with Crippen LogP contribution in [0.5, 0.6) is 0 Å². The zero-order valence-electron chi connectivity index (χ0n) is 32.0. The van der Waals surface area contributed by atoms with E-state index in [1.807, 2.05) is 115 Å². The molecule has 0 atom stereocenters. The molecule has 2 heterocycles. The van der Waals surface area contributed by atoms with E-state index < -0.39 is 0 Å². The maximum atomic E-state index is 9.44. The molecule has 0 saturated heterocycles. The molecule has 0 unspecified atom stereocenters. The van der Waals surface area contributed by atoms with Crippen molar-refractivity contribution in [3.8, 4) is 67.5 Å². The van der Waals surface area contributed by atoms with Gasteiger partial charge < -0.3 is 4.42 Å². The normalized spacial score (nSPS) is 13.0. The highest BCUT2D eigenvalue weighted by atomic mass is 16.3. The predicted molar refractivity (Wildman–Crippen MR) is 200 cm³/mol. The topological polar surface area (TPSA) is 51.8 Å². The Bertz CT molecular complexity index is 2800. The molecule has 2 aromatic heterocycles. The Hall–Kier alpha value is -6.65. The third kappa shape index (κ3) is 5.45. The number of furan rings is 1. The van der Waals surface area contributed by atoms with Gasteiger partial charge in [0.1, 0.15) is 11.2 Å². The number of benzene rings is 7. The van der Waals surface area contributed by atoms with Gasteiger partial charge in [0, 0.05) is 33.0 Å². The first-order valence-corrected chi connectivity index (χ1v) is 15.9. The van der Waals surface area contributed by atoms with Crippen LogP contribution in [-0.2, 0) is 0 Å². The van der Waals surface area contributed by atoms with E-state index in [1.165, 1.54) is 0 Å². The molecule has 0 bridgehead atoms. The van der Waals surface area contributed by atoms with Crippen molar-refractivity contribution < 1.29 is 12.6 Å². The van der Waals surface area contributed by atoms with Gasteiger partial charge in [0.15, 0.2) is 17.5 Å². The molecule has 4 nitrogen and oxygen atoms in total. The second-order valence-corrected chi connectivity index (χ2v) is 11.6. The maximum absolute atomic E-state index is 9.44. The average molecular weight is 634 g/mol. The number of aromatic nitrogens is 3. The highest BCUT2D eigenvalue weighted by Gasteiger charge is 2.16. The lowest BCUT2D eigenvalue weighted by Gasteiger charge is -2.10. The van der Waals surface area contributed by atoms with E-state index in [9.17, 15) is 4.11 Å². The van der Waals surface area contributed by atoms with Gasteiger partial charge in [-0.25, -0.2) is 15.0 Å². The van der Waals surface area contributed by atoms with Gasteiger partial charge in [-0.2, -0.15) is 0 Å². The molecule has 49 heavy (non-hydrogen) atoms. The monoisotopic (exact) mass is 633 g/mol. The number of rotatable bonds is 6. The van der Waals surface area contributed by atoms with Gasteiger partial charge in [0.25, 0.3) is 0 Å². The minimum absolute atomic E-state index is 0.0156. The third-order valence-corrected chi connectivity index (χ3v) is 8.48. The molecular weight excluding hydrogens is 599 g/mol. The summed E-state index contributed by atoms with van der Waals surface area (Å²) in [5.74, 6) is 0.653. The van der Waals surface area contributed by atoms with Crippen LogP contribution in [0.3, 0.4) is 0 Å². The number of hydrogen-bond donors (Lipinski definition) is 0. The van der Waals surface area contributed by atoms with Crippen LogP contribution in [0.1, 0.15) is 8.22 Å². The molecule has 0 aliphatic rings. The van der Waals surface area contributed by atoms with Gasteiger partial charge in [-0.3, -0.25) is 0 Å². The summed E-state index contributed by atoms with van der Waals surface area (Å²) in [4.78, 5) is 14.5. The fourth-order valence-corrected chi connectivity index (χ4v) is 5.97. The molecule has 4 heteroatoms. The summed E-state index contributed by atoms with van der Waals surface area (Å²) in [5.41, 5.74) is 6.44. The molecule has 9 aromatic rings. The predicted octanol–water partition coefficient (Wildman–Crippen LogP) is 11.8. The van der Waals surface area contributed by atoms with Crippen LogP contribution in [0.2, 0.25) is 0 Å². The van der Waals surface area contributed by atoms with Crippen LogP contribution < -0.4 is 0 Å². The Labute approximate surface area is 292 Å². The lowest BCUT2D eigenvalue weighted by molar-refractivity contribution is 0.670. The molecule has 0 aliphatic carbocycles. The molecule has 0 amide bonds. The quantitative estimate of drug-likeness (QED) is 0.183. The zero-order chi connectivity index (χ0) is 37.8. The average Bonchev–Trinajstić information content (AvgIpc) is 3.64. The van der Waals surface area contributed by atoms with E-state index in [2.05, 4.69) is 0 Å². The van der Waals surface area contributed by atoms with Crippen molar-refractivity contribution in [3.63, 3.8) is 0 Å². The fourth-order valence-electron chi connectivity index (χ4n) is 5.97. The molecule has 0 saturated carbocycles. The van der Waals surface area contributed by atoms with Crippen molar-refractivity contribution in [1.29, 1.82) is 0 Å². The van der Waals surface area contributed by atoms with Crippen molar-refractivity contribution in [2.24, 2.45) is 0 Å². The minimum atomic E-state index is -0.334. The van der Waals surface area contributed by atoms with Crippen LogP contribution >= 0.6 is 0 Å². The Morgan fingerprint density at radius 3 is 1.37 bits per heavy atom. The summed E-state index contributed by atoms with van der Waals surface area (Å²) in [6.07, 6.45) is 0.